The zero-order valence-corrected chi connectivity index (χ0v) is 18.0. The van der Waals surface area contributed by atoms with Crippen molar-refractivity contribution in [1.29, 1.82) is 0 Å². The third-order valence-electron chi connectivity index (χ3n) is 6.09. The Morgan fingerprint density at radius 2 is 1.91 bits per heavy atom. The van der Waals surface area contributed by atoms with Crippen LogP contribution in [0.15, 0.2) is 48.7 Å². The molecule has 1 fully saturated rings. The number of ether oxygens (including phenoxy) is 1. The molecule has 164 valence electrons. The first kappa shape index (κ1) is 20.3. The molecule has 8 heteroatoms. The van der Waals surface area contributed by atoms with Gasteiger partial charge in [-0.25, -0.2) is 9.97 Å². The number of hydrogen-bond donors (Lipinski definition) is 2. The minimum atomic E-state index is 0.138. The number of carbonyl (C=O) groups is 1. The number of piperazine rings is 1. The highest BCUT2D eigenvalue weighted by atomic mass is 16.5. The number of nitrogens with zero attached hydrogens (tertiary/aromatic N) is 4. The molecule has 0 unspecified atom stereocenters. The third kappa shape index (κ3) is 3.97. The van der Waals surface area contributed by atoms with Crippen molar-refractivity contribution in [2.75, 3.05) is 39.0 Å². The molecule has 0 atom stereocenters. The molecule has 1 aliphatic heterocycles. The number of nitrogens with two attached hydrogens (primary N) is 1. The highest BCUT2D eigenvalue weighted by molar-refractivity contribution is 5.90. The number of hydrogen-bond acceptors (Lipinski definition) is 6. The average molecular weight is 431 g/mol. The number of aromatic nitrogens is 3. The van der Waals surface area contributed by atoms with Gasteiger partial charge in [-0.3, -0.25) is 9.69 Å². The minimum absolute atomic E-state index is 0.138. The smallest absolute Gasteiger partial charge is 0.227 e. The number of carbonyl (C=O) groups excluding carboxylic acids is 1. The van der Waals surface area contributed by atoms with E-state index < -0.39 is 0 Å². The van der Waals surface area contributed by atoms with Crippen LogP contribution in [0.3, 0.4) is 0 Å². The fraction of sp³-hybridized carbons (Fsp3) is 0.292. The van der Waals surface area contributed by atoms with Crippen molar-refractivity contribution in [1.82, 2.24) is 24.8 Å². The molecule has 0 radical (unpaired) electrons. The first-order valence-electron chi connectivity index (χ1n) is 10.8. The average Bonchev–Trinajstić information content (AvgIpc) is 3.21. The predicted molar refractivity (Wildman–Crippen MR) is 124 cm³/mol. The van der Waals surface area contributed by atoms with Gasteiger partial charge in [0.2, 0.25) is 5.91 Å². The molecule has 0 aliphatic carbocycles. The quantitative estimate of drug-likeness (QED) is 0.505. The molecular formula is C24H26N6O2. The molecule has 4 aromatic rings. The Morgan fingerprint density at radius 3 is 2.72 bits per heavy atom. The van der Waals surface area contributed by atoms with Gasteiger partial charge in [0.1, 0.15) is 17.4 Å². The van der Waals surface area contributed by atoms with E-state index in [0.717, 1.165) is 46.2 Å². The number of nitrogens with one attached hydrogen (secondary N) is 1. The zero-order chi connectivity index (χ0) is 22.1. The summed E-state index contributed by atoms with van der Waals surface area (Å²) in [6.45, 7) is 3.56. The fourth-order valence-electron chi connectivity index (χ4n) is 4.28. The lowest BCUT2D eigenvalue weighted by atomic mass is 10.1. The van der Waals surface area contributed by atoms with Crippen LogP contribution in [0.2, 0.25) is 0 Å². The number of methoxy groups -OCH3 is 1. The SMILES string of the molecule is COc1ccc2[nH]cc(CC(=O)N3CCN(Cc4nc(N)c5ccccc5n4)CC3)c2c1. The van der Waals surface area contributed by atoms with E-state index >= 15 is 0 Å². The molecule has 1 aliphatic rings. The lowest BCUT2D eigenvalue weighted by molar-refractivity contribution is -0.132. The molecule has 2 aromatic carbocycles. The maximum absolute atomic E-state index is 12.9. The number of H-pyrrole nitrogens is 1. The monoisotopic (exact) mass is 430 g/mol. The third-order valence-corrected chi connectivity index (χ3v) is 6.09. The summed E-state index contributed by atoms with van der Waals surface area (Å²) in [5.41, 5.74) is 8.97. The Bertz CT molecular complexity index is 1280. The maximum atomic E-state index is 12.9. The van der Waals surface area contributed by atoms with Gasteiger partial charge in [-0.1, -0.05) is 12.1 Å². The number of para-hydroxylation sites is 1. The van der Waals surface area contributed by atoms with Crippen molar-refractivity contribution in [2.45, 2.75) is 13.0 Å². The van der Waals surface area contributed by atoms with E-state index in [-0.39, 0.29) is 5.91 Å². The fourth-order valence-corrected chi connectivity index (χ4v) is 4.28. The number of rotatable bonds is 5. The van der Waals surface area contributed by atoms with E-state index in [1.54, 1.807) is 7.11 Å². The highest BCUT2D eigenvalue weighted by Crippen LogP contribution is 2.24. The second-order valence-corrected chi connectivity index (χ2v) is 8.10. The van der Waals surface area contributed by atoms with Gasteiger partial charge in [0.05, 0.1) is 25.6 Å². The van der Waals surface area contributed by atoms with Crippen LogP contribution in [-0.2, 0) is 17.8 Å². The van der Waals surface area contributed by atoms with Crippen molar-refractivity contribution in [2.24, 2.45) is 0 Å². The van der Waals surface area contributed by atoms with Crippen molar-refractivity contribution >= 4 is 33.5 Å². The number of amides is 1. The summed E-state index contributed by atoms with van der Waals surface area (Å²) in [5.74, 6) is 2.15. The van der Waals surface area contributed by atoms with Gasteiger partial charge in [-0.2, -0.15) is 0 Å². The van der Waals surface area contributed by atoms with E-state index in [0.29, 0.717) is 37.7 Å². The lowest BCUT2D eigenvalue weighted by Gasteiger charge is -2.34. The topological polar surface area (TPSA) is 100 Å². The maximum Gasteiger partial charge on any atom is 0.227 e. The van der Waals surface area contributed by atoms with Crippen LogP contribution in [0, 0.1) is 0 Å². The molecule has 8 nitrogen and oxygen atoms in total. The van der Waals surface area contributed by atoms with Crippen LogP contribution in [0.5, 0.6) is 5.75 Å². The summed E-state index contributed by atoms with van der Waals surface area (Å²) in [5, 5.41) is 1.91. The Morgan fingerprint density at radius 1 is 1.09 bits per heavy atom. The Labute approximate surface area is 186 Å². The Kier molecular flexibility index (Phi) is 5.36. The van der Waals surface area contributed by atoms with Gasteiger partial charge in [-0.05, 0) is 35.9 Å². The molecule has 1 amide bonds. The molecular weight excluding hydrogens is 404 g/mol. The van der Waals surface area contributed by atoms with Gasteiger partial charge < -0.3 is 20.4 Å². The normalized spacial score (nSPS) is 14.8. The summed E-state index contributed by atoms with van der Waals surface area (Å²) in [7, 11) is 1.65. The first-order chi connectivity index (χ1) is 15.6. The largest absolute Gasteiger partial charge is 0.497 e. The number of nitrogen functional groups attached to an aromatic ring is 1. The highest BCUT2D eigenvalue weighted by Gasteiger charge is 2.23. The molecule has 2 aromatic heterocycles. The summed E-state index contributed by atoms with van der Waals surface area (Å²) >= 11 is 0. The first-order valence-corrected chi connectivity index (χ1v) is 10.8. The van der Waals surface area contributed by atoms with Crippen molar-refractivity contribution in [3.63, 3.8) is 0 Å². The van der Waals surface area contributed by atoms with Crippen LogP contribution < -0.4 is 10.5 Å². The molecule has 3 N–H and O–H groups in total. The standard InChI is InChI=1S/C24H26N6O2/c1-32-17-6-7-20-19(13-17)16(14-26-20)12-23(31)30-10-8-29(9-11-30)15-22-27-21-5-3-2-4-18(21)24(25)28-22/h2-7,13-14,26H,8-12,15H2,1H3,(H2,25,27,28). The van der Waals surface area contributed by atoms with E-state index in [9.17, 15) is 4.79 Å². The molecule has 5 rings (SSSR count). The molecule has 0 saturated carbocycles. The van der Waals surface area contributed by atoms with E-state index in [1.165, 1.54) is 0 Å². The minimum Gasteiger partial charge on any atom is -0.497 e. The van der Waals surface area contributed by atoms with Crippen molar-refractivity contribution < 1.29 is 9.53 Å². The van der Waals surface area contributed by atoms with E-state index in [4.69, 9.17) is 10.5 Å². The summed E-state index contributed by atoms with van der Waals surface area (Å²) in [4.78, 5) is 29.5. The molecule has 0 spiro atoms. The second-order valence-electron chi connectivity index (χ2n) is 8.10. The Hall–Kier alpha value is -3.65. The molecule has 1 saturated heterocycles. The Balaban J connectivity index is 1.21. The van der Waals surface area contributed by atoms with Crippen LogP contribution >= 0.6 is 0 Å². The van der Waals surface area contributed by atoms with Gasteiger partial charge in [-0.15, -0.1) is 0 Å². The summed E-state index contributed by atoms with van der Waals surface area (Å²) in [6, 6.07) is 13.6. The van der Waals surface area contributed by atoms with Crippen molar-refractivity contribution in [3.05, 3.63) is 60.0 Å². The summed E-state index contributed by atoms with van der Waals surface area (Å²) in [6.07, 6.45) is 2.29. The van der Waals surface area contributed by atoms with Crippen LogP contribution in [0.1, 0.15) is 11.4 Å². The van der Waals surface area contributed by atoms with Gasteiger partial charge in [0.15, 0.2) is 0 Å². The molecule has 32 heavy (non-hydrogen) atoms. The number of aromatic amines is 1. The van der Waals surface area contributed by atoms with E-state index in [1.807, 2.05) is 53.6 Å². The lowest BCUT2D eigenvalue weighted by Crippen LogP contribution is -2.48. The molecule has 3 heterocycles. The molecule has 0 bridgehead atoms. The number of fused-ring (bicyclic) bond motifs is 2. The van der Waals surface area contributed by atoms with Crippen LogP contribution in [0.25, 0.3) is 21.8 Å². The van der Waals surface area contributed by atoms with Crippen molar-refractivity contribution in [3.8, 4) is 5.75 Å². The van der Waals surface area contributed by atoms with Crippen LogP contribution in [0.4, 0.5) is 5.82 Å². The predicted octanol–water partition coefficient (Wildman–Crippen LogP) is 2.59. The number of benzene rings is 2. The second kappa shape index (κ2) is 8.47. The zero-order valence-electron chi connectivity index (χ0n) is 18.0. The van der Waals surface area contributed by atoms with E-state index in [2.05, 4.69) is 19.9 Å². The van der Waals surface area contributed by atoms with Crippen LogP contribution in [-0.4, -0.2) is 63.9 Å². The van der Waals surface area contributed by atoms with Gasteiger partial charge in [0.25, 0.3) is 0 Å². The number of anilines is 1. The summed E-state index contributed by atoms with van der Waals surface area (Å²) < 4.78 is 5.33. The van der Waals surface area contributed by atoms with Gasteiger partial charge >= 0.3 is 0 Å². The van der Waals surface area contributed by atoms with Gasteiger partial charge in [0, 0.05) is 48.7 Å².